The van der Waals surface area contributed by atoms with Gasteiger partial charge >= 0.3 is 0 Å². The summed E-state index contributed by atoms with van der Waals surface area (Å²) in [4.78, 5) is 15.6. The summed E-state index contributed by atoms with van der Waals surface area (Å²) in [6.07, 6.45) is 1.54. The fourth-order valence-corrected chi connectivity index (χ4v) is 0.890. The molecule has 0 bridgehead atoms. The molecule has 78 valence electrons. The number of amides is 1. The molecule has 1 heterocycles. The van der Waals surface area contributed by atoms with E-state index < -0.39 is 5.41 Å². The lowest BCUT2D eigenvalue weighted by Crippen LogP contribution is -2.28. The first-order valence-corrected chi connectivity index (χ1v) is 4.61. The Morgan fingerprint density at radius 1 is 1.53 bits per heavy atom. The van der Waals surface area contributed by atoms with Gasteiger partial charge in [-0.15, -0.1) is 0 Å². The van der Waals surface area contributed by atoms with Crippen LogP contribution in [0.5, 0.6) is 0 Å². The van der Waals surface area contributed by atoms with E-state index >= 15 is 0 Å². The summed E-state index contributed by atoms with van der Waals surface area (Å²) >= 11 is 0. The first-order chi connectivity index (χ1) is 6.95. The van der Waals surface area contributed by atoms with E-state index in [0.29, 0.717) is 11.4 Å². The van der Waals surface area contributed by atoms with Crippen molar-refractivity contribution in [3.63, 3.8) is 0 Å². The number of nitriles is 1. The summed E-state index contributed by atoms with van der Waals surface area (Å²) < 4.78 is 0. The first kappa shape index (κ1) is 11.2. The van der Waals surface area contributed by atoms with Gasteiger partial charge in [-0.25, -0.2) is 4.98 Å². The van der Waals surface area contributed by atoms with Gasteiger partial charge in [0.05, 0.1) is 5.56 Å². The van der Waals surface area contributed by atoms with Crippen molar-refractivity contribution in [3.8, 4) is 6.07 Å². The molecule has 0 fully saturated rings. The minimum atomic E-state index is -0.496. The summed E-state index contributed by atoms with van der Waals surface area (Å²) in [5.74, 6) is 0.164. The fraction of sp³-hybridized carbons (Fsp3) is 0.364. The van der Waals surface area contributed by atoms with Gasteiger partial charge in [0.15, 0.2) is 0 Å². The molecule has 4 nitrogen and oxygen atoms in total. The highest BCUT2D eigenvalue weighted by Gasteiger charge is 2.22. The van der Waals surface area contributed by atoms with Crippen LogP contribution in [0.25, 0.3) is 0 Å². The molecule has 0 unspecified atom stereocenters. The maximum Gasteiger partial charge on any atom is 0.230 e. The van der Waals surface area contributed by atoms with Gasteiger partial charge in [-0.05, 0) is 12.1 Å². The Bertz CT molecular complexity index is 413. The molecular formula is C11H13N3O. The van der Waals surface area contributed by atoms with Crippen molar-refractivity contribution in [2.24, 2.45) is 5.41 Å². The normalized spacial score (nSPS) is 10.5. The van der Waals surface area contributed by atoms with E-state index in [9.17, 15) is 4.79 Å². The molecule has 0 saturated heterocycles. The third kappa shape index (κ3) is 2.78. The number of pyridine rings is 1. The van der Waals surface area contributed by atoms with Crippen LogP contribution in [0, 0.1) is 16.7 Å². The van der Waals surface area contributed by atoms with Gasteiger partial charge in [-0.2, -0.15) is 5.26 Å². The minimum absolute atomic E-state index is 0.155. The highest BCUT2D eigenvalue weighted by molar-refractivity contribution is 5.94. The molecule has 0 aliphatic rings. The smallest absolute Gasteiger partial charge is 0.230 e. The molecule has 0 radical (unpaired) electrons. The molecule has 4 heteroatoms. The Morgan fingerprint density at radius 2 is 2.20 bits per heavy atom. The second-order valence-electron chi connectivity index (χ2n) is 4.22. The predicted molar refractivity (Wildman–Crippen MR) is 57.0 cm³/mol. The van der Waals surface area contributed by atoms with Crippen LogP contribution >= 0.6 is 0 Å². The Labute approximate surface area is 88.9 Å². The highest BCUT2D eigenvalue weighted by Crippen LogP contribution is 2.17. The maximum atomic E-state index is 11.6. The zero-order valence-electron chi connectivity index (χ0n) is 9.03. The summed E-state index contributed by atoms with van der Waals surface area (Å²) in [6.45, 7) is 5.41. The van der Waals surface area contributed by atoms with Gasteiger partial charge in [0, 0.05) is 11.6 Å². The molecule has 15 heavy (non-hydrogen) atoms. The Morgan fingerprint density at radius 3 is 2.73 bits per heavy atom. The summed E-state index contributed by atoms with van der Waals surface area (Å²) in [6, 6.07) is 5.25. The fourth-order valence-electron chi connectivity index (χ4n) is 0.890. The summed E-state index contributed by atoms with van der Waals surface area (Å²) in [7, 11) is 0. The molecule has 0 aliphatic carbocycles. The standard InChI is InChI=1S/C11H13N3O/c1-11(2,3)10(15)14-9-8(7-12)5-4-6-13-9/h4-6H,1-3H3,(H,13,14,15). The SMILES string of the molecule is CC(C)(C)C(=O)Nc1ncccc1C#N. The second kappa shape index (κ2) is 4.09. The van der Waals surface area contributed by atoms with Crippen LogP contribution in [0.15, 0.2) is 18.3 Å². The molecule has 0 spiro atoms. The van der Waals surface area contributed by atoms with Crippen LogP contribution in [0.2, 0.25) is 0 Å². The molecule has 1 aromatic rings. The molecule has 0 aliphatic heterocycles. The molecule has 1 rings (SSSR count). The van der Waals surface area contributed by atoms with Crippen LogP contribution in [-0.2, 0) is 4.79 Å². The molecular weight excluding hydrogens is 190 g/mol. The number of carbonyl (C=O) groups excluding carboxylic acids is 1. The average Bonchev–Trinajstić information content (AvgIpc) is 2.17. The van der Waals surface area contributed by atoms with E-state index in [4.69, 9.17) is 5.26 Å². The van der Waals surface area contributed by atoms with Gasteiger partial charge in [0.2, 0.25) is 5.91 Å². The van der Waals surface area contributed by atoms with Crippen LogP contribution in [0.3, 0.4) is 0 Å². The molecule has 1 aromatic heterocycles. The number of hydrogen-bond donors (Lipinski definition) is 1. The predicted octanol–water partition coefficient (Wildman–Crippen LogP) is 1.94. The van der Waals surface area contributed by atoms with E-state index in [1.807, 2.05) is 6.07 Å². The zero-order valence-corrected chi connectivity index (χ0v) is 9.03. The molecule has 1 amide bonds. The Balaban J connectivity index is 2.92. The monoisotopic (exact) mass is 203 g/mol. The van der Waals surface area contributed by atoms with Crippen molar-refractivity contribution in [1.29, 1.82) is 5.26 Å². The Kier molecular flexibility index (Phi) is 3.05. The van der Waals surface area contributed by atoms with Crippen molar-refractivity contribution < 1.29 is 4.79 Å². The van der Waals surface area contributed by atoms with E-state index in [1.54, 1.807) is 39.1 Å². The molecule has 1 N–H and O–H groups in total. The first-order valence-electron chi connectivity index (χ1n) is 4.61. The third-order valence-corrected chi connectivity index (χ3v) is 1.84. The largest absolute Gasteiger partial charge is 0.309 e. The molecule has 0 aromatic carbocycles. The van der Waals surface area contributed by atoms with E-state index in [0.717, 1.165) is 0 Å². The van der Waals surface area contributed by atoms with Gasteiger partial charge in [0.25, 0.3) is 0 Å². The number of nitrogens with one attached hydrogen (secondary N) is 1. The number of hydrogen-bond acceptors (Lipinski definition) is 3. The van der Waals surface area contributed by atoms with Gasteiger partial charge in [0.1, 0.15) is 11.9 Å². The van der Waals surface area contributed by atoms with Gasteiger partial charge in [-0.1, -0.05) is 20.8 Å². The van der Waals surface area contributed by atoms with Gasteiger partial charge in [-0.3, -0.25) is 4.79 Å². The highest BCUT2D eigenvalue weighted by atomic mass is 16.2. The van der Waals surface area contributed by atoms with E-state index in [1.165, 1.54) is 0 Å². The van der Waals surface area contributed by atoms with Crippen LogP contribution in [-0.4, -0.2) is 10.9 Å². The van der Waals surface area contributed by atoms with Crippen LogP contribution in [0.4, 0.5) is 5.82 Å². The lowest BCUT2D eigenvalue weighted by molar-refractivity contribution is -0.123. The number of aromatic nitrogens is 1. The number of rotatable bonds is 1. The van der Waals surface area contributed by atoms with Crippen molar-refractivity contribution in [2.45, 2.75) is 20.8 Å². The minimum Gasteiger partial charge on any atom is -0.309 e. The lowest BCUT2D eigenvalue weighted by atomic mass is 9.96. The molecule has 0 saturated carbocycles. The van der Waals surface area contributed by atoms with Crippen LogP contribution < -0.4 is 5.32 Å². The third-order valence-electron chi connectivity index (χ3n) is 1.84. The van der Waals surface area contributed by atoms with Crippen molar-refractivity contribution in [2.75, 3.05) is 5.32 Å². The average molecular weight is 203 g/mol. The van der Waals surface area contributed by atoms with Crippen molar-refractivity contribution in [1.82, 2.24) is 4.98 Å². The molecule has 0 atom stereocenters. The van der Waals surface area contributed by atoms with E-state index in [2.05, 4.69) is 10.3 Å². The summed E-state index contributed by atoms with van der Waals surface area (Å²) in [5.41, 5.74) is -0.125. The number of nitrogens with zero attached hydrogens (tertiary/aromatic N) is 2. The van der Waals surface area contributed by atoms with Gasteiger partial charge < -0.3 is 5.32 Å². The van der Waals surface area contributed by atoms with Crippen molar-refractivity contribution in [3.05, 3.63) is 23.9 Å². The second-order valence-corrected chi connectivity index (χ2v) is 4.22. The maximum absolute atomic E-state index is 11.6. The summed E-state index contributed by atoms with van der Waals surface area (Å²) in [5, 5.41) is 11.4. The van der Waals surface area contributed by atoms with Crippen molar-refractivity contribution >= 4 is 11.7 Å². The van der Waals surface area contributed by atoms with E-state index in [-0.39, 0.29) is 5.91 Å². The Hall–Kier alpha value is -1.89. The quantitative estimate of drug-likeness (QED) is 0.758. The lowest BCUT2D eigenvalue weighted by Gasteiger charge is -2.17. The van der Waals surface area contributed by atoms with Crippen LogP contribution in [0.1, 0.15) is 26.3 Å². The topological polar surface area (TPSA) is 65.8 Å². The zero-order chi connectivity index (χ0) is 11.5. The number of anilines is 1. The number of carbonyl (C=O) groups is 1.